The minimum Gasteiger partial charge on any atom is -0.312 e. The summed E-state index contributed by atoms with van der Waals surface area (Å²) in [7, 11) is 1.98. The van der Waals surface area contributed by atoms with E-state index in [2.05, 4.69) is 41.7 Å². The normalized spacial score (nSPS) is 13.7. The lowest BCUT2D eigenvalue weighted by molar-refractivity contribution is 0.532. The number of nitrogens with zero attached hydrogens (tertiary/aromatic N) is 2. The standard InChI is InChI=1S/C13H18ClN3S2/c1-13(2,3)12-11(19-17-16-12)9(15-4)7-8-5-6-10(14)18-8/h5-6,9,15H,7H2,1-4H3. The lowest BCUT2D eigenvalue weighted by Gasteiger charge is -2.21. The lowest BCUT2D eigenvalue weighted by atomic mass is 9.89. The van der Waals surface area contributed by atoms with Crippen LogP contribution in [0, 0.1) is 0 Å². The molecule has 3 nitrogen and oxygen atoms in total. The van der Waals surface area contributed by atoms with Gasteiger partial charge in [0, 0.05) is 22.8 Å². The summed E-state index contributed by atoms with van der Waals surface area (Å²) in [5.74, 6) is 0. The van der Waals surface area contributed by atoms with Gasteiger partial charge in [0.25, 0.3) is 0 Å². The Kier molecular flexibility index (Phi) is 4.61. The Labute approximate surface area is 127 Å². The molecule has 104 valence electrons. The molecular formula is C13H18ClN3S2. The number of likely N-dealkylation sites (N-methyl/N-ethyl adjacent to an activating group) is 1. The van der Waals surface area contributed by atoms with E-state index in [4.69, 9.17) is 11.6 Å². The maximum absolute atomic E-state index is 5.99. The van der Waals surface area contributed by atoms with E-state index in [9.17, 15) is 0 Å². The van der Waals surface area contributed by atoms with Crippen LogP contribution in [0.3, 0.4) is 0 Å². The molecule has 19 heavy (non-hydrogen) atoms. The molecule has 1 unspecified atom stereocenters. The highest BCUT2D eigenvalue weighted by atomic mass is 35.5. The number of halogens is 1. The Morgan fingerprint density at radius 2 is 2.11 bits per heavy atom. The van der Waals surface area contributed by atoms with Crippen molar-refractivity contribution in [2.24, 2.45) is 0 Å². The zero-order chi connectivity index (χ0) is 14.0. The molecule has 0 fully saturated rings. The van der Waals surface area contributed by atoms with E-state index in [0.29, 0.717) is 0 Å². The fourth-order valence-corrected chi connectivity index (χ4v) is 4.04. The first-order chi connectivity index (χ1) is 8.91. The SMILES string of the molecule is CNC(Cc1ccc(Cl)s1)c1snnc1C(C)(C)C. The van der Waals surface area contributed by atoms with E-state index in [-0.39, 0.29) is 11.5 Å². The Morgan fingerprint density at radius 1 is 1.37 bits per heavy atom. The summed E-state index contributed by atoms with van der Waals surface area (Å²) in [4.78, 5) is 2.50. The highest BCUT2D eigenvalue weighted by Crippen LogP contribution is 2.33. The Balaban J connectivity index is 2.25. The average molecular weight is 316 g/mol. The van der Waals surface area contributed by atoms with E-state index < -0.39 is 0 Å². The molecule has 6 heteroatoms. The van der Waals surface area contributed by atoms with Gasteiger partial charge in [-0.25, -0.2) is 0 Å². The van der Waals surface area contributed by atoms with Gasteiger partial charge in [0.2, 0.25) is 0 Å². The van der Waals surface area contributed by atoms with Gasteiger partial charge in [-0.3, -0.25) is 0 Å². The van der Waals surface area contributed by atoms with Crippen LogP contribution in [0.1, 0.15) is 42.3 Å². The monoisotopic (exact) mass is 315 g/mol. The second-order valence-electron chi connectivity index (χ2n) is 5.49. The minimum absolute atomic E-state index is 0.0184. The van der Waals surface area contributed by atoms with Crippen LogP contribution in [0.25, 0.3) is 0 Å². The summed E-state index contributed by atoms with van der Waals surface area (Å²) in [5, 5.41) is 7.68. The summed E-state index contributed by atoms with van der Waals surface area (Å²) in [5.41, 5.74) is 1.10. The molecule has 2 aromatic rings. The molecule has 1 N–H and O–H groups in total. The van der Waals surface area contributed by atoms with Crippen LogP contribution in [-0.2, 0) is 11.8 Å². The quantitative estimate of drug-likeness (QED) is 0.924. The van der Waals surface area contributed by atoms with Gasteiger partial charge in [0.05, 0.1) is 14.9 Å². The molecule has 0 bridgehead atoms. The predicted molar refractivity (Wildman–Crippen MR) is 83.4 cm³/mol. The van der Waals surface area contributed by atoms with E-state index in [1.165, 1.54) is 21.3 Å². The summed E-state index contributed by atoms with van der Waals surface area (Å²) < 4.78 is 4.97. The van der Waals surface area contributed by atoms with Crippen LogP contribution in [0.2, 0.25) is 4.34 Å². The molecule has 0 saturated carbocycles. The molecule has 0 radical (unpaired) electrons. The van der Waals surface area contributed by atoms with Gasteiger partial charge < -0.3 is 5.32 Å². The van der Waals surface area contributed by atoms with Crippen LogP contribution in [-0.4, -0.2) is 16.6 Å². The van der Waals surface area contributed by atoms with Crippen molar-refractivity contribution in [3.8, 4) is 0 Å². The molecule has 0 aliphatic rings. The van der Waals surface area contributed by atoms with Gasteiger partial charge in [0.1, 0.15) is 0 Å². The predicted octanol–water partition coefficient (Wildman–Crippen LogP) is 4.05. The molecule has 0 aromatic carbocycles. The van der Waals surface area contributed by atoms with Gasteiger partial charge >= 0.3 is 0 Å². The first-order valence-electron chi connectivity index (χ1n) is 6.16. The minimum atomic E-state index is 0.0184. The van der Waals surface area contributed by atoms with Gasteiger partial charge in [-0.15, -0.1) is 16.4 Å². The highest BCUT2D eigenvalue weighted by molar-refractivity contribution is 7.16. The molecule has 0 saturated heterocycles. The van der Waals surface area contributed by atoms with Crippen molar-refractivity contribution in [1.29, 1.82) is 0 Å². The van der Waals surface area contributed by atoms with Gasteiger partial charge in [-0.2, -0.15) is 0 Å². The molecule has 2 heterocycles. The number of nitrogens with one attached hydrogen (secondary N) is 1. The number of hydrogen-bond acceptors (Lipinski definition) is 5. The summed E-state index contributed by atoms with van der Waals surface area (Å²) >= 11 is 9.11. The first kappa shape index (κ1) is 14.9. The molecule has 1 atom stereocenters. The van der Waals surface area contributed by atoms with Gasteiger partial charge in [-0.1, -0.05) is 36.9 Å². The van der Waals surface area contributed by atoms with Crippen molar-refractivity contribution < 1.29 is 0 Å². The first-order valence-corrected chi connectivity index (χ1v) is 8.13. The van der Waals surface area contributed by atoms with Gasteiger partial charge in [-0.05, 0) is 30.7 Å². The molecule has 2 aromatic heterocycles. The topological polar surface area (TPSA) is 37.8 Å². The maximum atomic E-state index is 5.99. The van der Waals surface area contributed by atoms with Crippen LogP contribution in [0.4, 0.5) is 0 Å². The average Bonchev–Trinajstić information content (AvgIpc) is 2.93. The summed E-state index contributed by atoms with van der Waals surface area (Å²) in [6, 6.07) is 4.27. The zero-order valence-corrected chi connectivity index (χ0v) is 13.9. The van der Waals surface area contributed by atoms with E-state index >= 15 is 0 Å². The Bertz CT molecular complexity index is 542. The summed E-state index contributed by atoms with van der Waals surface area (Å²) in [6.07, 6.45) is 0.918. The van der Waals surface area contributed by atoms with Crippen molar-refractivity contribution in [1.82, 2.24) is 14.9 Å². The Morgan fingerprint density at radius 3 is 2.63 bits per heavy atom. The number of aromatic nitrogens is 2. The molecule has 2 rings (SSSR count). The third-order valence-corrected chi connectivity index (χ3v) is 5.01. The maximum Gasteiger partial charge on any atom is 0.0931 e. The van der Waals surface area contributed by atoms with Crippen LogP contribution >= 0.6 is 34.5 Å². The molecule has 0 aliphatic heterocycles. The van der Waals surface area contributed by atoms with Gasteiger partial charge in [0.15, 0.2) is 0 Å². The highest BCUT2D eigenvalue weighted by Gasteiger charge is 2.26. The number of hydrogen-bond donors (Lipinski definition) is 1. The number of rotatable bonds is 4. The van der Waals surface area contributed by atoms with Crippen molar-refractivity contribution in [2.75, 3.05) is 7.05 Å². The van der Waals surface area contributed by atoms with Crippen LogP contribution in [0.5, 0.6) is 0 Å². The fraction of sp³-hybridized carbons (Fsp3) is 0.538. The molecule has 0 amide bonds. The van der Waals surface area contributed by atoms with Crippen molar-refractivity contribution in [3.05, 3.63) is 31.9 Å². The van der Waals surface area contributed by atoms with E-state index in [0.717, 1.165) is 16.5 Å². The van der Waals surface area contributed by atoms with Crippen molar-refractivity contribution in [2.45, 2.75) is 38.6 Å². The fourth-order valence-electron chi connectivity index (χ4n) is 1.93. The van der Waals surface area contributed by atoms with Crippen LogP contribution in [0.15, 0.2) is 12.1 Å². The largest absolute Gasteiger partial charge is 0.312 e. The molecule has 0 spiro atoms. The molecular weight excluding hydrogens is 298 g/mol. The zero-order valence-electron chi connectivity index (χ0n) is 11.5. The Hall–Kier alpha value is -0.490. The third-order valence-electron chi connectivity index (χ3n) is 2.92. The smallest absolute Gasteiger partial charge is 0.0931 e. The van der Waals surface area contributed by atoms with Crippen LogP contribution < -0.4 is 5.32 Å². The van der Waals surface area contributed by atoms with Crippen molar-refractivity contribution >= 4 is 34.5 Å². The molecule has 0 aliphatic carbocycles. The number of thiophene rings is 1. The van der Waals surface area contributed by atoms with Crippen molar-refractivity contribution in [3.63, 3.8) is 0 Å². The second kappa shape index (κ2) is 5.87. The van der Waals surface area contributed by atoms with E-state index in [1.807, 2.05) is 13.1 Å². The second-order valence-corrected chi connectivity index (χ2v) is 8.07. The van der Waals surface area contributed by atoms with E-state index in [1.54, 1.807) is 11.3 Å². The summed E-state index contributed by atoms with van der Waals surface area (Å²) in [6.45, 7) is 6.51. The lowest BCUT2D eigenvalue weighted by Crippen LogP contribution is -2.22. The third kappa shape index (κ3) is 3.54.